The van der Waals surface area contributed by atoms with Crippen LogP contribution in [0.4, 0.5) is 0 Å². The molecular formula is C9H25N. The summed E-state index contributed by atoms with van der Waals surface area (Å²) in [6.07, 6.45) is 2.64. The van der Waals surface area contributed by atoms with Gasteiger partial charge in [0.25, 0.3) is 0 Å². The molecule has 0 fully saturated rings. The summed E-state index contributed by atoms with van der Waals surface area (Å²) in [4.78, 5) is 2.00. The minimum absolute atomic E-state index is 1.32. The van der Waals surface area contributed by atoms with Crippen molar-refractivity contribution in [2.24, 2.45) is 0 Å². The molecule has 0 N–H and O–H groups in total. The predicted octanol–water partition coefficient (Wildman–Crippen LogP) is 3.01. The lowest BCUT2D eigenvalue weighted by Gasteiger charge is -1.90. The van der Waals surface area contributed by atoms with Crippen molar-refractivity contribution in [2.75, 3.05) is 21.1 Å². The first-order chi connectivity index (χ1) is 4.65. The van der Waals surface area contributed by atoms with Gasteiger partial charge in [0.05, 0.1) is 0 Å². The third kappa shape index (κ3) is 418. The fourth-order valence-corrected chi connectivity index (χ4v) is 0. The Morgan fingerprint density at radius 1 is 0.800 bits per heavy atom. The zero-order valence-electron chi connectivity index (χ0n) is 8.86. The van der Waals surface area contributed by atoms with Crippen molar-refractivity contribution in [1.29, 1.82) is 0 Å². The SMILES string of the molecule is CC.CCCC.CN(C)C. The fourth-order valence-electron chi connectivity index (χ4n) is 0. The van der Waals surface area contributed by atoms with Crippen LogP contribution in [0.25, 0.3) is 0 Å². The topological polar surface area (TPSA) is 3.24 Å². The molecule has 0 saturated heterocycles. The van der Waals surface area contributed by atoms with Crippen LogP contribution in [0.1, 0.15) is 40.5 Å². The average molecular weight is 147 g/mol. The summed E-state index contributed by atoms with van der Waals surface area (Å²) in [6, 6.07) is 0. The standard InChI is InChI=1S/C4H10.C3H9N.C2H6/c1-3-4-2;1-4(2)3;1-2/h3-4H2,1-2H3;1-3H3;1-2H3. The predicted molar refractivity (Wildman–Crippen MR) is 51.5 cm³/mol. The zero-order valence-corrected chi connectivity index (χ0v) is 8.86. The second-order valence-electron chi connectivity index (χ2n) is 2.34. The van der Waals surface area contributed by atoms with Crippen LogP contribution in [0, 0.1) is 0 Å². The molecule has 0 radical (unpaired) electrons. The molecule has 0 spiro atoms. The molecule has 0 aromatic heterocycles. The molecule has 0 aliphatic carbocycles. The Labute approximate surface area is 67.4 Å². The molecule has 0 aliphatic rings. The van der Waals surface area contributed by atoms with Crippen LogP contribution in [0.2, 0.25) is 0 Å². The van der Waals surface area contributed by atoms with Gasteiger partial charge in [0.15, 0.2) is 0 Å². The van der Waals surface area contributed by atoms with Crippen molar-refractivity contribution in [2.45, 2.75) is 40.5 Å². The number of hydrogen-bond acceptors (Lipinski definition) is 1. The lowest BCUT2D eigenvalue weighted by atomic mass is 10.4. The van der Waals surface area contributed by atoms with E-state index >= 15 is 0 Å². The van der Waals surface area contributed by atoms with Crippen LogP contribution in [0.15, 0.2) is 0 Å². The second kappa shape index (κ2) is 23.1. The molecule has 66 valence electrons. The van der Waals surface area contributed by atoms with Crippen LogP contribution in [-0.2, 0) is 0 Å². The Balaban J connectivity index is -0.0000000787. The summed E-state index contributed by atoms with van der Waals surface area (Å²) in [6.45, 7) is 8.36. The van der Waals surface area contributed by atoms with Gasteiger partial charge < -0.3 is 4.90 Å². The molecule has 1 heteroatoms. The van der Waals surface area contributed by atoms with Gasteiger partial charge in [0, 0.05) is 0 Å². The van der Waals surface area contributed by atoms with Crippen molar-refractivity contribution >= 4 is 0 Å². The molecule has 0 aliphatic heterocycles. The second-order valence-corrected chi connectivity index (χ2v) is 2.34. The van der Waals surface area contributed by atoms with Crippen LogP contribution in [-0.4, -0.2) is 26.0 Å². The maximum Gasteiger partial charge on any atom is -0.0140 e. The number of hydrogen-bond donors (Lipinski definition) is 0. The van der Waals surface area contributed by atoms with E-state index in [1.807, 2.05) is 39.9 Å². The Hall–Kier alpha value is -0.0400. The first-order valence-corrected chi connectivity index (χ1v) is 4.26. The molecule has 0 rings (SSSR count). The molecule has 0 heterocycles. The van der Waals surface area contributed by atoms with E-state index in [1.54, 1.807) is 0 Å². The van der Waals surface area contributed by atoms with Crippen molar-refractivity contribution < 1.29 is 0 Å². The van der Waals surface area contributed by atoms with Crippen LogP contribution in [0.5, 0.6) is 0 Å². The van der Waals surface area contributed by atoms with Crippen LogP contribution >= 0.6 is 0 Å². The van der Waals surface area contributed by atoms with E-state index in [0.717, 1.165) is 0 Å². The molecule has 0 aromatic carbocycles. The minimum atomic E-state index is 1.32. The van der Waals surface area contributed by atoms with Gasteiger partial charge in [0.1, 0.15) is 0 Å². The highest BCUT2D eigenvalue weighted by Crippen LogP contribution is 1.76. The molecule has 0 aromatic rings. The minimum Gasteiger partial charge on any atom is -0.312 e. The largest absolute Gasteiger partial charge is 0.312 e. The summed E-state index contributed by atoms with van der Waals surface area (Å²) < 4.78 is 0. The van der Waals surface area contributed by atoms with E-state index < -0.39 is 0 Å². The van der Waals surface area contributed by atoms with Crippen LogP contribution < -0.4 is 0 Å². The van der Waals surface area contributed by atoms with E-state index in [9.17, 15) is 0 Å². The van der Waals surface area contributed by atoms with Crippen molar-refractivity contribution in [3.05, 3.63) is 0 Å². The smallest absolute Gasteiger partial charge is 0.0140 e. The molecule has 0 unspecified atom stereocenters. The lowest BCUT2D eigenvalue weighted by molar-refractivity contribution is 0.505. The lowest BCUT2D eigenvalue weighted by Crippen LogP contribution is -1.99. The van der Waals surface area contributed by atoms with E-state index in [-0.39, 0.29) is 0 Å². The molecule has 1 nitrogen and oxygen atoms in total. The van der Waals surface area contributed by atoms with Gasteiger partial charge in [-0.3, -0.25) is 0 Å². The number of unbranched alkanes of at least 4 members (excludes halogenated alkanes) is 1. The zero-order chi connectivity index (χ0) is 8.99. The quantitative estimate of drug-likeness (QED) is 0.551. The Morgan fingerprint density at radius 2 is 0.900 bits per heavy atom. The molecule has 0 bridgehead atoms. The molecule has 10 heavy (non-hydrogen) atoms. The van der Waals surface area contributed by atoms with Gasteiger partial charge in [-0.1, -0.05) is 40.5 Å². The number of rotatable bonds is 1. The average Bonchev–Trinajstić information content (AvgIpc) is 1.91. The van der Waals surface area contributed by atoms with Crippen molar-refractivity contribution in [3.8, 4) is 0 Å². The van der Waals surface area contributed by atoms with E-state index in [0.29, 0.717) is 0 Å². The summed E-state index contributed by atoms with van der Waals surface area (Å²) >= 11 is 0. The Bertz CT molecular complexity index is 21.2. The van der Waals surface area contributed by atoms with Gasteiger partial charge in [-0.2, -0.15) is 0 Å². The van der Waals surface area contributed by atoms with Gasteiger partial charge >= 0.3 is 0 Å². The van der Waals surface area contributed by atoms with Gasteiger partial charge in [-0.05, 0) is 21.1 Å². The van der Waals surface area contributed by atoms with Gasteiger partial charge in [0.2, 0.25) is 0 Å². The van der Waals surface area contributed by atoms with Crippen LogP contribution in [0.3, 0.4) is 0 Å². The highest BCUT2D eigenvalue weighted by Gasteiger charge is 1.58. The summed E-state index contributed by atoms with van der Waals surface area (Å²) in [5, 5.41) is 0. The Kier molecular flexibility index (Phi) is 38.1. The van der Waals surface area contributed by atoms with E-state index in [4.69, 9.17) is 0 Å². The molecule has 0 amide bonds. The highest BCUT2D eigenvalue weighted by molar-refractivity contribution is 4.12. The highest BCUT2D eigenvalue weighted by atomic mass is 15.0. The van der Waals surface area contributed by atoms with Crippen molar-refractivity contribution in [3.63, 3.8) is 0 Å². The molecule has 0 atom stereocenters. The maximum atomic E-state index is 2.18. The van der Waals surface area contributed by atoms with E-state index in [2.05, 4.69) is 13.8 Å². The first kappa shape index (κ1) is 16.5. The summed E-state index contributed by atoms with van der Waals surface area (Å²) in [5.74, 6) is 0. The maximum absolute atomic E-state index is 2.18. The van der Waals surface area contributed by atoms with Gasteiger partial charge in [-0.15, -0.1) is 0 Å². The summed E-state index contributed by atoms with van der Waals surface area (Å²) in [7, 11) is 6.00. The van der Waals surface area contributed by atoms with Crippen molar-refractivity contribution in [1.82, 2.24) is 4.90 Å². The third-order valence-electron chi connectivity index (χ3n) is 0.500. The monoisotopic (exact) mass is 147 g/mol. The molecule has 0 saturated carbocycles. The van der Waals surface area contributed by atoms with E-state index in [1.165, 1.54) is 12.8 Å². The molecular weight excluding hydrogens is 122 g/mol. The third-order valence-corrected chi connectivity index (χ3v) is 0.500. The Morgan fingerprint density at radius 3 is 0.900 bits per heavy atom. The van der Waals surface area contributed by atoms with Gasteiger partial charge in [-0.25, -0.2) is 0 Å². The summed E-state index contributed by atoms with van der Waals surface area (Å²) in [5.41, 5.74) is 0. The normalized spacial score (nSPS) is 7.20. The number of nitrogens with zero attached hydrogens (tertiary/aromatic N) is 1. The first-order valence-electron chi connectivity index (χ1n) is 4.26. The fraction of sp³-hybridized carbons (Fsp3) is 1.00.